The molecular weight excluding hydrogens is 328 g/mol. The van der Waals surface area contributed by atoms with Gasteiger partial charge in [-0.15, -0.1) is 0 Å². The van der Waals surface area contributed by atoms with Crippen molar-refractivity contribution >= 4 is 23.3 Å². The molecule has 0 unspecified atom stereocenters. The van der Waals surface area contributed by atoms with Crippen LogP contribution in [0.25, 0.3) is 0 Å². The Kier molecular flexibility index (Phi) is 7.09. The topological polar surface area (TPSA) is 75.3 Å². The van der Waals surface area contributed by atoms with Crippen LogP contribution in [0.3, 0.4) is 0 Å². The maximum absolute atomic E-state index is 12.8. The Labute approximate surface area is 153 Å². The molecule has 0 aliphatic carbocycles. The van der Waals surface area contributed by atoms with Crippen LogP contribution in [-0.2, 0) is 9.59 Å². The van der Waals surface area contributed by atoms with E-state index in [1.54, 1.807) is 54.6 Å². The van der Waals surface area contributed by atoms with Gasteiger partial charge in [0.1, 0.15) is 5.92 Å². The summed E-state index contributed by atoms with van der Waals surface area (Å²) in [6.45, 7) is 3.84. The van der Waals surface area contributed by atoms with E-state index in [2.05, 4.69) is 10.6 Å². The number of carbonyl (C=O) groups is 3. The summed E-state index contributed by atoms with van der Waals surface area (Å²) in [5, 5.41) is 5.54. The van der Waals surface area contributed by atoms with E-state index >= 15 is 0 Å². The Balaban J connectivity index is 2.18. The molecule has 5 nitrogen and oxygen atoms in total. The van der Waals surface area contributed by atoms with Crippen molar-refractivity contribution in [3.63, 3.8) is 0 Å². The fourth-order valence-corrected chi connectivity index (χ4v) is 2.48. The van der Waals surface area contributed by atoms with E-state index in [9.17, 15) is 14.4 Å². The van der Waals surface area contributed by atoms with Crippen molar-refractivity contribution in [2.24, 2.45) is 5.92 Å². The quantitative estimate of drug-likeness (QED) is 0.564. The van der Waals surface area contributed by atoms with Gasteiger partial charge in [0.15, 0.2) is 5.78 Å². The number of anilines is 1. The van der Waals surface area contributed by atoms with Crippen molar-refractivity contribution < 1.29 is 14.4 Å². The van der Waals surface area contributed by atoms with Crippen LogP contribution >= 0.6 is 0 Å². The Morgan fingerprint density at radius 1 is 0.923 bits per heavy atom. The summed E-state index contributed by atoms with van der Waals surface area (Å²) in [6.07, 6.45) is 0.593. The highest BCUT2D eigenvalue weighted by Crippen LogP contribution is 2.16. The van der Waals surface area contributed by atoms with E-state index in [0.29, 0.717) is 11.3 Å². The van der Waals surface area contributed by atoms with Crippen molar-refractivity contribution in [1.82, 2.24) is 5.32 Å². The number of hydrogen-bond acceptors (Lipinski definition) is 3. The smallest absolute Gasteiger partial charge is 0.235 e. The molecule has 0 spiro atoms. The largest absolute Gasteiger partial charge is 0.354 e. The third-order valence-electron chi connectivity index (χ3n) is 4.14. The van der Waals surface area contributed by atoms with E-state index in [-0.39, 0.29) is 24.2 Å². The number of ketones is 1. The molecule has 0 saturated heterocycles. The zero-order valence-electron chi connectivity index (χ0n) is 15.1. The van der Waals surface area contributed by atoms with Gasteiger partial charge in [-0.05, 0) is 25.5 Å². The molecule has 0 saturated carbocycles. The lowest BCUT2D eigenvalue weighted by Gasteiger charge is -2.18. The third-order valence-corrected chi connectivity index (χ3v) is 4.14. The van der Waals surface area contributed by atoms with E-state index in [1.807, 2.05) is 19.9 Å². The number of nitrogens with one attached hydrogen (secondary N) is 2. The molecule has 2 atom stereocenters. The molecule has 2 aromatic rings. The summed E-state index contributed by atoms with van der Waals surface area (Å²) in [7, 11) is 0. The van der Waals surface area contributed by atoms with Crippen molar-refractivity contribution in [2.75, 3.05) is 5.32 Å². The van der Waals surface area contributed by atoms with Gasteiger partial charge < -0.3 is 10.6 Å². The third kappa shape index (κ3) is 5.55. The molecule has 0 aliphatic rings. The number of para-hydroxylation sites is 1. The summed E-state index contributed by atoms with van der Waals surface area (Å²) < 4.78 is 0. The molecule has 0 aromatic heterocycles. The van der Waals surface area contributed by atoms with E-state index in [0.717, 1.165) is 6.42 Å². The molecule has 5 heteroatoms. The second-order valence-electron chi connectivity index (χ2n) is 6.22. The SMILES string of the molecule is CC[C@H](C)NC(=O)C[C@@H](C(=O)Nc1ccccc1)C(=O)c1ccccc1. The van der Waals surface area contributed by atoms with Gasteiger partial charge in [-0.25, -0.2) is 0 Å². The first-order chi connectivity index (χ1) is 12.5. The highest BCUT2D eigenvalue weighted by atomic mass is 16.2. The average molecular weight is 352 g/mol. The van der Waals surface area contributed by atoms with Crippen LogP contribution in [0.4, 0.5) is 5.69 Å². The second-order valence-corrected chi connectivity index (χ2v) is 6.22. The summed E-state index contributed by atoms with van der Waals surface area (Å²) in [5.74, 6) is -2.24. The first kappa shape index (κ1) is 19.4. The molecule has 2 aromatic carbocycles. The van der Waals surface area contributed by atoms with Crippen molar-refractivity contribution in [3.05, 3.63) is 66.2 Å². The summed E-state index contributed by atoms with van der Waals surface area (Å²) in [5.41, 5.74) is 1.00. The van der Waals surface area contributed by atoms with Crippen molar-refractivity contribution in [3.8, 4) is 0 Å². The van der Waals surface area contributed by atoms with Gasteiger partial charge in [0.2, 0.25) is 11.8 Å². The van der Waals surface area contributed by atoms with Crippen LogP contribution < -0.4 is 10.6 Å². The lowest BCUT2D eigenvalue weighted by Crippen LogP contribution is -2.38. The second kappa shape index (κ2) is 9.51. The highest BCUT2D eigenvalue weighted by molar-refractivity contribution is 6.15. The molecule has 26 heavy (non-hydrogen) atoms. The van der Waals surface area contributed by atoms with Gasteiger partial charge in [-0.2, -0.15) is 0 Å². The lowest BCUT2D eigenvalue weighted by molar-refractivity contribution is -0.126. The summed E-state index contributed by atoms with van der Waals surface area (Å²) in [6, 6.07) is 17.5. The van der Waals surface area contributed by atoms with E-state index in [1.165, 1.54) is 0 Å². The average Bonchev–Trinajstić information content (AvgIpc) is 2.66. The Morgan fingerprint density at radius 3 is 2.08 bits per heavy atom. The van der Waals surface area contributed by atoms with Gasteiger partial charge in [-0.1, -0.05) is 55.5 Å². The number of rotatable bonds is 8. The van der Waals surface area contributed by atoms with Gasteiger partial charge in [0.25, 0.3) is 0 Å². The number of amides is 2. The molecular formula is C21H24N2O3. The Morgan fingerprint density at radius 2 is 1.50 bits per heavy atom. The predicted molar refractivity (Wildman–Crippen MR) is 102 cm³/mol. The molecule has 0 aliphatic heterocycles. The normalized spacial score (nSPS) is 12.7. The Hall–Kier alpha value is -2.95. The molecule has 0 fully saturated rings. The fourth-order valence-electron chi connectivity index (χ4n) is 2.48. The van der Waals surface area contributed by atoms with Crippen LogP contribution in [-0.4, -0.2) is 23.6 Å². The zero-order chi connectivity index (χ0) is 18.9. The van der Waals surface area contributed by atoms with Crippen molar-refractivity contribution in [2.45, 2.75) is 32.7 Å². The van der Waals surface area contributed by atoms with Crippen LogP contribution in [0.2, 0.25) is 0 Å². The number of Topliss-reactive ketones (excluding diaryl/α,β-unsaturated/α-hetero) is 1. The first-order valence-electron chi connectivity index (χ1n) is 8.75. The molecule has 0 heterocycles. The zero-order valence-corrected chi connectivity index (χ0v) is 15.1. The van der Waals surface area contributed by atoms with Crippen LogP contribution in [0.5, 0.6) is 0 Å². The number of hydrogen-bond donors (Lipinski definition) is 2. The molecule has 2 N–H and O–H groups in total. The van der Waals surface area contributed by atoms with Crippen LogP contribution in [0.1, 0.15) is 37.0 Å². The number of carbonyl (C=O) groups excluding carboxylic acids is 3. The molecule has 2 amide bonds. The molecule has 136 valence electrons. The summed E-state index contributed by atoms with van der Waals surface area (Å²) in [4.78, 5) is 37.8. The molecule has 0 radical (unpaired) electrons. The minimum absolute atomic E-state index is 0.00726. The minimum Gasteiger partial charge on any atom is -0.354 e. The predicted octanol–water partition coefficient (Wildman–Crippen LogP) is 3.43. The van der Waals surface area contributed by atoms with Crippen LogP contribution in [0, 0.1) is 5.92 Å². The monoisotopic (exact) mass is 352 g/mol. The van der Waals surface area contributed by atoms with E-state index < -0.39 is 11.8 Å². The van der Waals surface area contributed by atoms with Crippen molar-refractivity contribution in [1.29, 1.82) is 0 Å². The molecule has 0 bridgehead atoms. The van der Waals surface area contributed by atoms with E-state index in [4.69, 9.17) is 0 Å². The lowest BCUT2D eigenvalue weighted by atomic mass is 9.93. The molecule has 2 rings (SSSR count). The van der Waals surface area contributed by atoms with Gasteiger partial charge in [0.05, 0.1) is 0 Å². The van der Waals surface area contributed by atoms with Gasteiger partial charge in [-0.3, -0.25) is 14.4 Å². The first-order valence-corrected chi connectivity index (χ1v) is 8.75. The maximum Gasteiger partial charge on any atom is 0.235 e. The fraction of sp³-hybridized carbons (Fsp3) is 0.286. The van der Waals surface area contributed by atoms with Gasteiger partial charge >= 0.3 is 0 Å². The highest BCUT2D eigenvalue weighted by Gasteiger charge is 2.30. The maximum atomic E-state index is 12.8. The summed E-state index contributed by atoms with van der Waals surface area (Å²) >= 11 is 0. The minimum atomic E-state index is -1.08. The number of benzene rings is 2. The van der Waals surface area contributed by atoms with Gasteiger partial charge in [0, 0.05) is 23.7 Å². The standard InChI is InChI=1S/C21H24N2O3/c1-3-15(2)22-19(24)14-18(20(25)16-10-6-4-7-11-16)21(26)23-17-12-8-5-9-13-17/h4-13,15,18H,3,14H2,1-2H3,(H,22,24)(H,23,26)/t15-,18+/m0/s1. The Bertz CT molecular complexity index is 744. The van der Waals surface area contributed by atoms with Crippen LogP contribution in [0.15, 0.2) is 60.7 Å².